The van der Waals surface area contributed by atoms with Gasteiger partial charge in [0.15, 0.2) is 23.0 Å². The molecule has 2 rings (SSSR count). The zero-order valence-electron chi connectivity index (χ0n) is 15.2. The monoisotopic (exact) mass is 358 g/mol. The largest absolute Gasteiger partial charge is 0.493 e. The lowest BCUT2D eigenvalue weighted by molar-refractivity contribution is -0.120. The second-order valence-electron chi connectivity index (χ2n) is 5.24. The van der Waals surface area contributed by atoms with Gasteiger partial charge in [-0.25, -0.2) is 5.43 Å². The lowest BCUT2D eigenvalue weighted by Crippen LogP contribution is -2.19. The summed E-state index contributed by atoms with van der Waals surface area (Å²) in [6.07, 6.45) is 1.67. The molecule has 7 heteroatoms. The Labute approximate surface area is 152 Å². The van der Waals surface area contributed by atoms with E-state index in [1.165, 1.54) is 6.21 Å². The smallest absolute Gasteiger partial charge is 0.244 e. The van der Waals surface area contributed by atoms with E-state index in [0.29, 0.717) is 28.6 Å². The predicted molar refractivity (Wildman–Crippen MR) is 98.5 cm³/mol. The van der Waals surface area contributed by atoms with E-state index < -0.39 is 0 Å². The van der Waals surface area contributed by atoms with Gasteiger partial charge in [0.1, 0.15) is 0 Å². The van der Waals surface area contributed by atoms with Crippen molar-refractivity contribution >= 4 is 12.1 Å². The van der Waals surface area contributed by atoms with Crippen molar-refractivity contribution in [2.75, 3.05) is 28.4 Å². The number of nitrogens with one attached hydrogen (secondary N) is 1. The molecular weight excluding hydrogens is 336 g/mol. The van der Waals surface area contributed by atoms with Crippen molar-refractivity contribution in [1.29, 1.82) is 0 Å². The quantitative estimate of drug-likeness (QED) is 0.579. The number of rotatable bonds is 8. The summed E-state index contributed by atoms with van der Waals surface area (Å²) in [7, 11) is 6.22. The van der Waals surface area contributed by atoms with Gasteiger partial charge in [-0.2, -0.15) is 5.10 Å². The van der Waals surface area contributed by atoms with Crippen molar-refractivity contribution in [2.45, 2.75) is 6.42 Å². The highest BCUT2D eigenvalue weighted by Crippen LogP contribution is 2.29. The first kappa shape index (κ1) is 19.1. The molecule has 0 aliphatic heterocycles. The van der Waals surface area contributed by atoms with Gasteiger partial charge in [-0.3, -0.25) is 4.79 Å². The number of hydrazone groups is 1. The second-order valence-corrected chi connectivity index (χ2v) is 5.24. The lowest BCUT2D eigenvalue weighted by atomic mass is 10.1. The summed E-state index contributed by atoms with van der Waals surface area (Å²) in [4.78, 5) is 12.1. The van der Waals surface area contributed by atoms with E-state index in [1.54, 1.807) is 52.7 Å². The summed E-state index contributed by atoms with van der Waals surface area (Å²) < 4.78 is 21.0. The van der Waals surface area contributed by atoms with Crippen LogP contribution >= 0.6 is 0 Å². The molecule has 1 amide bonds. The zero-order chi connectivity index (χ0) is 18.9. The summed E-state index contributed by atoms with van der Waals surface area (Å²) in [5, 5.41) is 3.98. The molecular formula is C19H22N2O5. The summed E-state index contributed by atoms with van der Waals surface area (Å²) in [6.45, 7) is 0. The molecule has 0 unspecified atom stereocenters. The predicted octanol–water partition coefficient (Wildman–Crippen LogP) is 2.41. The van der Waals surface area contributed by atoms with Crippen molar-refractivity contribution in [3.8, 4) is 23.0 Å². The van der Waals surface area contributed by atoms with Crippen molar-refractivity contribution in [2.24, 2.45) is 5.10 Å². The minimum Gasteiger partial charge on any atom is -0.493 e. The van der Waals surface area contributed by atoms with Crippen LogP contribution in [0.5, 0.6) is 23.0 Å². The fraction of sp³-hybridized carbons (Fsp3) is 0.263. The molecule has 0 bridgehead atoms. The van der Waals surface area contributed by atoms with Crippen LogP contribution in [-0.4, -0.2) is 40.6 Å². The van der Waals surface area contributed by atoms with Gasteiger partial charge >= 0.3 is 0 Å². The second kappa shape index (κ2) is 9.31. The van der Waals surface area contributed by atoms with E-state index in [4.69, 9.17) is 18.9 Å². The van der Waals surface area contributed by atoms with E-state index in [9.17, 15) is 4.79 Å². The Morgan fingerprint density at radius 1 is 0.962 bits per heavy atom. The SMILES string of the molecule is COc1ccc(CC(=O)N/N=C/c2cccc(OC)c2OC)cc1OC. The molecule has 0 heterocycles. The van der Waals surface area contributed by atoms with Crippen molar-refractivity contribution < 1.29 is 23.7 Å². The Balaban J connectivity index is 2.02. The molecule has 0 atom stereocenters. The number of para-hydroxylation sites is 1. The number of carbonyl (C=O) groups excluding carboxylic acids is 1. The summed E-state index contributed by atoms with van der Waals surface area (Å²) in [5.41, 5.74) is 3.98. The van der Waals surface area contributed by atoms with Crippen LogP contribution in [0.15, 0.2) is 41.5 Å². The molecule has 0 aliphatic carbocycles. The van der Waals surface area contributed by atoms with Gasteiger partial charge in [-0.05, 0) is 29.8 Å². The molecule has 0 saturated heterocycles. The number of nitrogens with zero attached hydrogens (tertiary/aromatic N) is 1. The standard InChI is InChI=1S/C19H22N2O5/c1-23-15-9-8-13(10-17(15)25-3)11-18(22)21-20-12-14-6-5-7-16(24-2)19(14)26-4/h5-10,12H,11H2,1-4H3,(H,21,22)/b20-12+. The number of amides is 1. The number of carbonyl (C=O) groups is 1. The number of hydrogen-bond acceptors (Lipinski definition) is 6. The van der Waals surface area contributed by atoms with Crippen LogP contribution in [0.2, 0.25) is 0 Å². The van der Waals surface area contributed by atoms with E-state index in [2.05, 4.69) is 10.5 Å². The van der Waals surface area contributed by atoms with Crippen LogP contribution < -0.4 is 24.4 Å². The van der Waals surface area contributed by atoms with Crippen molar-refractivity contribution in [1.82, 2.24) is 5.43 Å². The fourth-order valence-corrected chi connectivity index (χ4v) is 2.40. The fourth-order valence-electron chi connectivity index (χ4n) is 2.40. The molecule has 2 aromatic rings. The molecule has 0 aromatic heterocycles. The molecule has 1 N–H and O–H groups in total. The van der Waals surface area contributed by atoms with E-state index >= 15 is 0 Å². The Bertz CT molecular complexity index is 789. The first-order chi connectivity index (χ1) is 12.6. The maximum absolute atomic E-state index is 12.1. The maximum atomic E-state index is 12.1. The Hall–Kier alpha value is -3.22. The van der Waals surface area contributed by atoms with Gasteiger partial charge in [0.2, 0.25) is 5.91 Å². The van der Waals surface area contributed by atoms with Gasteiger partial charge in [0.25, 0.3) is 0 Å². The van der Waals surface area contributed by atoms with Crippen LogP contribution in [0.3, 0.4) is 0 Å². The average Bonchev–Trinajstić information content (AvgIpc) is 2.67. The summed E-state index contributed by atoms with van der Waals surface area (Å²) in [5.74, 6) is 2.07. The number of benzene rings is 2. The van der Waals surface area contributed by atoms with Gasteiger partial charge in [0.05, 0.1) is 41.1 Å². The Kier molecular flexibility index (Phi) is 6.84. The van der Waals surface area contributed by atoms with Gasteiger partial charge in [0, 0.05) is 5.56 Å². The van der Waals surface area contributed by atoms with E-state index in [1.807, 2.05) is 12.1 Å². The first-order valence-electron chi connectivity index (χ1n) is 7.86. The number of ether oxygens (including phenoxy) is 4. The zero-order valence-corrected chi connectivity index (χ0v) is 15.2. The molecule has 2 aromatic carbocycles. The normalized spacial score (nSPS) is 10.5. The summed E-state index contributed by atoms with van der Waals surface area (Å²) in [6, 6.07) is 10.7. The minimum atomic E-state index is -0.254. The average molecular weight is 358 g/mol. The van der Waals surface area contributed by atoms with Crippen LogP contribution in [0.1, 0.15) is 11.1 Å². The minimum absolute atomic E-state index is 0.160. The van der Waals surface area contributed by atoms with Crippen LogP contribution in [0.4, 0.5) is 0 Å². The first-order valence-corrected chi connectivity index (χ1v) is 7.86. The maximum Gasteiger partial charge on any atom is 0.244 e. The van der Waals surface area contributed by atoms with Gasteiger partial charge in [-0.15, -0.1) is 0 Å². The van der Waals surface area contributed by atoms with Crippen molar-refractivity contribution in [3.05, 3.63) is 47.5 Å². The third-order valence-electron chi connectivity index (χ3n) is 3.64. The van der Waals surface area contributed by atoms with Crippen molar-refractivity contribution in [3.63, 3.8) is 0 Å². The number of hydrogen-bond donors (Lipinski definition) is 1. The van der Waals surface area contributed by atoms with E-state index in [0.717, 1.165) is 5.56 Å². The molecule has 0 fully saturated rings. The highest BCUT2D eigenvalue weighted by atomic mass is 16.5. The molecule has 138 valence electrons. The van der Waals surface area contributed by atoms with E-state index in [-0.39, 0.29) is 12.3 Å². The van der Waals surface area contributed by atoms with Gasteiger partial charge < -0.3 is 18.9 Å². The molecule has 0 saturated carbocycles. The Morgan fingerprint density at radius 2 is 1.69 bits per heavy atom. The van der Waals surface area contributed by atoms with Crippen LogP contribution in [0, 0.1) is 0 Å². The molecule has 0 spiro atoms. The highest BCUT2D eigenvalue weighted by Gasteiger charge is 2.09. The molecule has 26 heavy (non-hydrogen) atoms. The number of methoxy groups -OCH3 is 4. The third-order valence-corrected chi connectivity index (χ3v) is 3.64. The molecule has 7 nitrogen and oxygen atoms in total. The van der Waals surface area contributed by atoms with Crippen LogP contribution in [-0.2, 0) is 11.2 Å². The topological polar surface area (TPSA) is 78.4 Å². The Morgan fingerprint density at radius 3 is 2.35 bits per heavy atom. The van der Waals surface area contributed by atoms with Gasteiger partial charge in [-0.1, -0.05) is 12.1 Å². The highest BCUT2D eigenvalue weighted by molar-refractivity contribution is 5.86. The third kappa shape index (κ3) is 4.66. The molecule has 0 aliphatic rings. The summed E-state index contributed by atoms with van der Waals surface area (Å²) >= 11 is 0. The lowest BCUT2D eigenvalue weighted by Gasteiger charge is -2.10. The molecule has 0 radical (unpaired) electrons. The van der Waals surface area contributed by atoms with Crippen LogP contribution in [0.25, 0.3) is 0 Å².